The Labute approximate surface area is 174 Å². The van der Waals surface area contributed by atoms with Crippen LogP contribution in [0.25, 0.3) is 22.2 Å². The van der Waals surface area contributed by atoms with Gasteiger partial charge in [0.1, 0.15) is 11.3 Å². The monoisotopic (exact) mass is 405 g/mol. The van der Waals surface area contributed by atoms with E-state index in [2.05, 4.69) is 15.4 Å². The van der Waals surface area contributed by atoms with Gasteiger partial charge in [0.05, 0.1) is 23.8 Å². The van der Waals surface area contributed by atoms with Gasteiger partial charge >= 0.3 is 0 Å². The van der Waals surface area contributed by atoms with E-state index in [1.54, 1.807) is 29.3 Å². The number of pyridine rings is 1. The zero-order chi connectivity index (χ0) is 21.3. The Kier molecular flexibility index (Phi) is 5.35. The van der Waals surface area contributed by atoms with Crippen molar-refractivity contribution in [3.8, 4) is 11.1 Å². The van der Waals surface area contributed by atoms with Crippen LogP contribution in [0.1, 0.15) is 29.8 Å². The molecular weight excluding hydrogens is 381 g/mol. The number of rotatable bonds is 6. The van der Waals surface area contributed by atoms with Gasteiger partial charge in [0.2, 0.25) is 0 Å². The molecule has 0 saturated carbocycles. The summed E-state index contributed by atoms with van der Waals surface area (Å²) in [6.45, 7) is 4.97. The van der Waals surface area contributed by atoms with Crippen LogP contribution < -0.4 is 5.32 Å². The summed E-state index contributed by atoms with van der Waals surface area (Å²) < 4.78 is 18.4. The zero-order valence-corrected chi connectivity index (χ0v) is 17.3. The van der Waals surface area contributed by atoms with Crippen LogP contribution in [0, 0.1) is 11.7 Å². The van der Waals surface area contributed by atoms with Crippen LogP contribution in [0.2, 0.25) is 0 Å². The minimum absolute atomic E-state index is 0.168. The lowest BCUT2D eigenvalue weighted by molar-refractivity contribution is 0.0950. The van der Waals surface area contributed by atoms with Crippen molar-refractivity contribution in [2.24, 2.45) is 13.0 Å². The number of fused-ring (bicyclic) bond motifs is 1. The van der Waals surface area contributed by atoms with Gasteiger partial charge in [-0.25, -0.2) is 4.39 Å². The summed E-state index contributed by atoms with van der Waals surface area (Å²) in [5.74, 6) is -0.117. The third kappa shape index (κ3) is 3.96. The van der Waals surface area contributed by atoms with Crippen molar-refractivity contribution in [3.05, 3.63) is 72.1 Å². The molecule has 0 fully saturated rings. The molecule has 1 aromatic carbocycles. The van der Waals surface area contributed by atoms with E-state index < -0.39 is 0 Å². The minimum atomic E-state index is -0.298. The molecule has 0 radical (unpaired) electrons. The summed E-state index contributed by atoms with van der Waals surface area (Å²) in [6, 6.07) is 8.89. The van der Waals surface area contributed by atoms with Crippen LogP contribution in [0.3, 0.4) is 0 Å². The fourth-order valence-corrected chi connectivity index (χ4v) is 3.42. The number of amides is 1. The molecule has 7 heteroatoms. The molecule has 0 aliphatic carbocycles. The van der Waals surface area contributed by atoms with E-state index in [1.807, 2.05) is 49.9 Å². The van der Waals surface area contributed by atoms with Crippen LogP contribution in [0.15, 0.2) is 55.1 Å². The van der Waals surface area contributed by atoms with Crippen LogP contribution >= 0.6 is 0 Å². The van der Waals surface area contributed by atoms with Gasteiger partial charge in [-0.15, -0.1) is 0 Å². The first-order valence-corrected chi connectivity index (χ1v) is 9.92. The van der Waals surface area contributed by atoms with Gasteiger partial charge < -0.3 is 9.88 Å². The van der Waals surface area contributed by atoms with Crippen molar-refractivity contribution >= 4 is 16.9 Å². The van der Waals surface area contributed by atoms with Crippen LogP contribution in [-0.2, 0) is 13.6 Å². The second-order valence-electron chi connectivity index (χ2n) is 7.85. The number of nitrogens with zero attached hydrogens (tertiary/aromatic N) is 4. The number of nitrogens with one attached hydrogen (secondary N) is 1. The standard InChI is InChI=1S/C23H24FN5O/c1-15(2)10-26-23(30)19-14-29(21-5-4-8-25-22(19)21)13-17-7-6-16(9-20(17)24)18-11-27-28(3)12-18/h4-9,11-12,14-15H,10,13H2,1-3H3,(H,26,30). The van der Waals surface area contributed by atoms with Gasteiger partial charge in [-0.3, -0.25) is 14.5 Å². The average Bonchev–Trinajstić information content (AvgIpc) is 3.32. The Hall–Kier alpha value is -3.48. The SMILES string of the molecule is CC(C)CNC(=O)c1cn(Cc2ccc(-c3cnn(C)c3)cc2F)c2cccnc12. The normalized spacial score (nSPS) is 11.4. The average molecular weight is 405 g/mol. The van der Waals surface area contributed by atoms with Gasteiger partial charge in [-0.2, -0.15) is 5.10 Å². The summed E-state index contributed by atoms with van der Waals surface area (Å²) in [6.07, 6.45) is 6.97. The first kappa shape index (κ1) is 19.8. The topological polar surface area (TPSA) is 64.7 Å². The summed E-state index contributed by atoms with van der Waals surface area (Å²) in [5, 5.41) is 7.07. The third-order valence-corrected chi connectivity index (χ3v) is 4.98. The lowest BCUT2D eigenvalue weighted by atomic mass is 10.1. The van der Waals surface area contributed by atoms with E-state index in [9.17, 15) is 9.18 Å². The van der Waals surface area contributed by atoms with E-state index >= 15 is 0 Å². The van der Waals surface area contributed by atoms with E-state index in [1.165, 1.54) is 6.07 Å². The maximum atomic E-state index is 14.9. The molecular formula is C23H24FN5O. The second-order valence-corrected chi connectivity index (χ2v) is 7.85. The molecule has 3 aromatic heterocycles. The molecule has 0 bridgehead atoms. The van der Waals surface area contributed by atoms with Crippen molar-refractivity contribution in [1.29, 1.82) is 0 Å². The van der Waals surface area contributed by atoms with Gasteiger partial charge in [-0.1, -0.05) is 26.0 Å². The van der Waals surface area contributed by atoms with Crippen molar-refractivity contribution < 1.29 is 9.18 Å². The molecule has 3 heterocycles. The van der Waals surface area contributed by atoms with E-state index in [4.69, 9.17) is 0 Å². The highest BCUT2D eigenvalue weighted by Crippen LogP contribution is 2.24. The Morgan fingerprint density at radius 3 is 2.73 bits per heavy atom. The van der Waals surface area contributed by atoms with Crippen molar-refractivity contribution in [1.82, 2.24) is 24.6 Å². The molecule has 0 unspecified atom stereocenters. The highest BCUT2D eigenvalue weighted by Gasteiger charge is 2.17. The quantitative estimate of drug-likeness (QED) is 0.527. The molecule has 1 N–H and O–H groups in total. The maximum Gasteiger partial charge on any atom is 0.255 e. The van der Waals surface area contributed by atoms with Crippen LogP contribution in [-0.4, -0.2) is 31.8 Å². The molecule has 1 amide bonds. The first-order chi connectivity index (χ1) is 14.4. The lowest BCUT2D eigenvalue weighted by Gasteiger charge is -2.08. The number of hydrogen-bond acceptors (Lipinski definition) is 3. The zero-order valence-electron chi connectivity index (χ0n) is 17.3. The Bertz CT molecular complexity index is 1210. The van der Waals surface area contributed by atoms with Crippen LogP contribution in [0.5, 0.6) is 0 Å². The largest absolute Gasteiger partial charge is 0.352 e. The molecule has 6 nitrogen and oxygen atoms in total. The number of hydrogen-bond donors (Lipinski definition) is 1. The van der Waals surface area contributed by atoms with Gasteiger partial charge in [0, 0.05) is 43.3 Å². The number of carbonyl (C=O) groups is 1. The Balaban J connectivity index is 1.65. The van der Waals surface area contributed by atoms with Crippen molar-refractivity contribution in [2.75, 3.05) is 6.54 Å². The fraction of sp³-hybridized carbons (Fsp3) is 0.261. The predicted molar refractivity (Wildman–Crippen MR) is 115 cm³/mol. The highest BCUT2D eigenvalue weighted by atomic mass is 19.1. The Morgan fingerprint density at radius 2 is 2.03 bits per heavy atom. The van der Waals surface area contributed by atoms with Gasteiger partial charge in [0.25, 0.3) is 5.91 Å². The molecule has 4 rings (SSSR count). The first-order valence-electron chi connectivity index (χ1n) is 9.92. The summed E-state index contributed by atoms with van der Waals surface area (Å²) in [7, 11) is 1.83. The highest BCUT2D eigenvalue weighted by molar-refractivity contribution is 6.05. The molecule has 0 atom stereocenters. The number of benzene rings is 1. The maximum absolute atomic E-state index is 14.9. The smallest absolute Gasteiger partial charge is 0.255 e. The fourth-order valence-electron chi connectivity index (χ4n) is 3.42. The van der Waals surface area contributed by atoms with Gasteiger partial charge in [-0.05, 0) is 29.7 Å². The molecule has 0 spiro atoms. The number of aromatic nitrogens is 4. The number of aryl methyl sites for hydroxylation is 1. The molecule has 30 heavy (non-hydrogen) atoms. The number of halogens is 1. The third-order valence-electron chi connectivity index (χ3n) is 4.98. The summed E-state index contributed by atoms with van der Waals surface area (Å²) >= 11 is 0. The van der Waals surface area contributed by atoms with E-state index in [-0.39, 0.29) is 11.7 Å². The van der Waals surface area contributed by atoms with Crippen molar-refractivity contribution in [2.45, 2.75) is 20.4 Å². The number of carbonyl (C=O) groups excluding carboxylic acids is 1. The van der Waals surface area contributed by atoms with E-state index in [0.29, 0.717) is 35.7 Å². The molecule has 0 aliphatic heterocycles. The van der Waals surface area contributed by atoms with Gasteiger partial charge in [0.15, 0.2) is 0 Å². The van der Waals surface area contributed by atoms with E-state index in [0.717, 1.165) is 16.6 Å². The molecule has 0 aliphatic rings. The predicted octanol–water partition coefficient (Wildman–Crippen LogP) is 4.01. The Morgan fingerprint density at radius 1 is 1.20 bits per heavy atom. The second kappa shape index (κ2) is 8.10. The summed E-state index contributed by atoms with van der Waals surface area (Å²) in [5.41, 5.74) is 4.09. The lowest BCUT2D eigenvalue weighted by Crippen LogP contribution is -2.27. The van der Waals surface area contributed by atoms with Crippen LogP contribution in [0.4, 0.5) is 4.39 Å². The summed E-state index contributed by atoms with van der Waals surface area (Å²) in [4.78, 5) is 17.0. The minimum Gasteiger partial charge on any atom is -0.352 e. The molecule has 154 valence electrons. The van der Waals surface area contributed by atoms with Crippen molar-refractivity contribution in [3.63, 3.8) is 0 Å². The molecule has 4 aromatic rings. The molecule has 0 saturated heterocycles.